The molecule has 6 heteroatoms. The highest BCUT2D eigenvalue weighted by molar-refractivity contribution is 7.15. The molecule has 0 atom stereocenters. The molecule has 0 radical (unpaired) electrons. The average Bonchev–Trinajstić information content (AvgIpc) is 1.77. The molecule has 1 aliphatic heterocycles. The third-order valence-corrected chi connectivity index (χ3v) is 30.5. The highest BCUT2D eigenvalue weighted by Gasteiger charge is 2.61. The van der Waals surface area contributed by atoms with E-state index >= 15 is 0 Å². The van der Waals surface area contributed by atoms with Gasteiger partial charge in [-0.2, -0.15) is 0 Å². The van der Waals surface area contributed by atoms with Crippen LogP contribution in [0.4, 0.5) is 0 Å². The Balaban J connectivity index is 2.95. The van der Waals surface area contributed by atoms with Crippen LogP contribution in [0.5, 0.6) is 0 Å². The molecule has 84 valence electrons. The first kappa shape index (κ1) is 12.9. The smallest absolute Gasteiger partial charge is 0.175 e. The lowest BCUT2D eigenvalue weighted by atomic mass is 11.9. The van der Waals surface area contributed by atoms with Crippen LogP contribution in [0.3, 0.4) is 0 Å². The molecule has 0 spiro atoms. The molecule has 0 unspecified atom stereocenters. The molecule has 0 bridgehead atoms. The van der Waals surface area contributed by atoms with Gasteiger partial charge in [0.2, 0.25) is 0 Å². The van der Waals surface area contributed by atoms with Crippen molar-refractivity contribution in [3.63, 3.8) is 0 Å². The van der Waals surface area contributed by atoms with Crippen molar-refractivity contribution in [2.45, 2.75) is 52.4 Å². The van der Waals surface area contributed by atoms with E-state index in [2.05, 4.69) is 60.2 Å². The van der Waals surface area contributed by atoms with E-state index in [0.29, 0.717) is 0 Å². The van der Waals surface area contributed by atoms with Gasteiger partial charge in [0.05, 0.1) is 17.9 Å². The zero-order chi connectivity index (χ0) is 11.3. The summed E-state index contributed by atoms with van der Waals surface area (Å²) in [4.78, 5) is 0. The van der Waals surface area contributed by atoms with Crippen molar-refractivity contribution < 1.29 is 0 Å². The number of nitrogens with zero attached hydrogens (tertiary/aromatic N) is 2. The molecule has 0 aromatic heterocycles. The van der Waals surface area contributed by atoms with Crippen molar-refractivity contribution in [3.05, 3.63) is 0 Å². The van der Waals surface area contributed by atoms with Crippen LogP contribution in [-0.2, 0) is 0 Å². The van der Waals surface area contributed by atoms with Crippen molar-refractivity contribution in [2.75, 3.05) is 0 Å². The van der Waals surface area contributed by atoms with Crippen LogP contribution in [0, 0.1) is 0 Å². The fourth-order valence-corrected chi connectivity index (χ4v) is 39.8. The SMILES string of the molecule is C[SiH](C)N1[Si](C)(C)N([SiH](C)C)[Si]1(C)C. The van der Waals surface area contributed by atoms with Crippen LogP contribution in [-0.4, -0.2) is 42.5 Å². The molecule has 0 saturated carbocycles. The van der Waals surface area contributed by atoms with Gasteiger partial charge in [0.1, 0.15) is 0 Å². The Hall–Kier alpha value is 0.788. The lowest BCUT2D eigenvalue weighted by molar-refractivity contribution is 0.636. The first-order chi connectivity index (χ1) is 6.13. The third-order valence-electron chi connectivity index (χ3n) is 3.39. The molecule has 0 N–H and O–H groups in total. The van der Waals surface area contributed by atoms with Gasteiger partial charge in [0.25, 0.3) is 0 Å². The molecule has 1 heterocycles. The molecule has 1 saturated heterocycles. The van der Waals surface area contributed by atoms with Gasteiger partial charge in [0, 0.05) is 0 Å². The molecule has 0 aromatic carbocycles. The minimum atomic E-state index is -1.12. The second kappa shape index (κ2) is 3.67. The summed E-state index contributed by atoms with van der Waals surface area (Å²) in [5, 5.41) is 0. The lowest BCUT2D eigenvalue weighted by Gasteiger charge is -2.71. The van der Waals surface area contributed by atoms with Crippen molar-refractivity contribution >= 4 is 34.7 Å². The van der Waals surface area contributed by atoms with Crippen molar-refractivity contribution in [3.8, 4) is 0 Å². The zero-order valence-corrected chi connectivity index (χ0v) is 15.4. The van der Waals surface area contributed by atoms with Crippen molar-refractivity contribution in [1.82, 2.24) is 7.79 Å². The molecule has 1 aliphatic rings. The molecule has 1 rings (SSSR count). The highest BCUT2D eigenvalue weighted by atomic mass is 28.6. The maximum Gasteiger partial charge on any atom is 0.175 e. The standard InChI is InChI=1S/C8H26N2Si4/c1-11(2)9-13(5,6)10(12(3)4)14(9,7)8/h11-12H,1-8H3. The largest absolute Gasteiger partial charge is 0.348 e. The Labute approximate surface area is 95.0 Å². The molecule has 0 amide bonds. The molecule has 1 fully saturated rings. The monoisotopic (exact) mass is 262 g/mol. The summed E-state index contributed by atoms with van der Waals surface area (Å²) in [6.45, 7) is 20.3. The van der Waals surface area contributed by atoms with Crippen LogP contribution in [0.15, 0.2) is 0 Å². The van der Waals surface area contributed by atoms with E-state index in [4.69, 9.17) is 0 Å². The van der Waals surface area contributed by atoms with E-state index in [1.807, 2.05) is 0 Å². The van der Waals surface area contributed by atoms with Crippen molar-refractivity contribution in [1.29, 1.82) is 0 Å². The maximum absolute atomic E-state index is 3.03. The molecule has 14 heavy (non-hydrogen) atoms. The molecule has 2 nitrogen and oxygen atoms in total. The lowest BCUT2D eigenvalue weighted by Crippen LogP contribution is -2.93. The van der Waals surface area contributed by atoms with Crippen LogP contribution >= 0.6 is 0 Å². The van der Waals surface area contributed by atoms with Gasteiger partial charge < -0.3 is 7.79 Å². The van der Waals surface area contributed by atoms with Crippen LogP contribution in [0.2, 0.25) is 52.4 Å². The Bertz CT molecular complexity index is 191. The van der Waals surface area contributed by atoms with Crippen LogP contribution in [0.25, 0.3) is 0 Å². The van der Waals surface area contributed by atoms with E-state index in [0.717, 1.165) is 0 Å². The molecule has 0 aromatic rings. The molecule has 0 aliphatic carbocycles. The van der Waals surface area contributed by atoms with E-state index in [1.165, 1.54) is 0 Å². The van der Waals surface area contributed by atoms with Crippen LogP contribution < -0.4 is 0 Å². The zero-order valence-electron chi connectivity index (χ0n) is 11.0. The predicted octanol–water partition coefficient (Wildman–Crippen LogP) is 1.97. The maximum atomic E-state index is 3.03. The highest BCUT2D eigenvalue weighted by Crippen LogP contribution is 2.39. The Morgan fingerprint density at radius 1 is 0.643 bits per heavy atom. The van der Waals surface area contributed by atoms with E-state index in [1.54, 1.807) is 0 Å². The third kappa shape index (κ3) is 1.65. The second-order valence-electron chi connectivity index (χ2n) is 5.92. The number of rotatable bonds is 2. The topological polar surface area (TPSA) is 6.48 Å². The minimum Gasteiger partial charge on any atom is -0.348 e. The fraction of sp³-hybridized carbons (Fsp3) is 1.00. The second-order valence-corrected chi connectivity index (χ2v) is 22.2. The molecular formula is C8H26N2Si4. The van der Waals surface area contributed by atoms with Gasteiger partial charge in [-0.3, -0.25) is 0 Å². The van der Waals surface area contributed by atoms with Gasteiger partial charge >= 0.3 is 0 Å². The number of hydrogen-bond acceptors (Lipinski definition) is 2. The molecular weight excluding hydrogens is 236 g/mol. The summed E-state index contributed by atoms with van der Waals surface area (Å²) in [5.74, 6) is 0. The minimum absolute atomic E-state index is 0.570. The van der Waals surface area contributed by atoms with Gasteiger partial charge in [0.15, 0.2) is 16.8 Å². The van der Waals surface area contributed by atoms with Crippen LogP contribution in [0.1, 0.15) is 0 Å². The average molecular weight is 263 g/mol. The van der Waals surface area contributed by atoms with E-state index in [9.17, 15) is 0 Å². The normalized spacial score (nSPS) is 27.0. The predicted molar refractivity (Wildman–Crippen MR) is 76.4 cm³/mol. The van der Waals surface area contributed by atoms with Gasteiger partial charge in [-0.15, -0.1) is 0 Å². The van der Waals surface area contributed by atoms with Gasteiger partial charge in [-0.05, 0) is 26.2 Å². The summed E-state index contributed by atoms with van der Waals surface area (Å²) < 4.78 is 6.07. The van der Waals surface area contributed by atoms with E-state index < -0.39 is 34.7 Å². The number of hydrogen-bond donors (Lipinski definition) is 0. The first-order valence-electron chi connectivity index (χ1n) is 5.72. The van der Waals surface area contributed by atoms with Gasteiger partial charge in [-0.1, -0.05) is 26.2 Å². The summed E-state index contributed by atoms with van der Waals surface area (Å²) >= 11 is 0. The first-order valence-corrected chi connectivity index (χ1v) is 17.2. The Kier molecular flexibility index (Phi) is 3.37. The Morgan fingerprint density at radius 3 is 1.00 bits per heavy atom. The van der Waals surface area contributed by atoms with Crippen molar-refractivity contribution in [2.24, 2.45) is 0 Å². The summed E-state index contributed by atoms with van der Waals surface area (Å²) in [6, 6.07) is 0. The van der Waals surface area contributed by atoms with E-state index in [-0.39, 0.29) is 0 Å². The van der Waals surface area contributed by atoms with Gasteiger partial charge in [-0.25, -0.2) is 0 Å². The Morgan fingerprint density at radius 2 is 0.857 bits per heavy atom. The fourth-order valence-electron chi connectivity index (χ4n) is 4.05. The summed E-state index contributed by atoms with van der Waals surface area (Å²) in [6.07, 6.45) is 0. The summed E-state index contributed by atoms with van der Waals surface area (Å²) in [5.41, 5.74) is 0. The quantitative estimate of drug-likeness (QED) is 0.702. The summed E-state index contributed by atoms with van der Waals surface area (Å²) in [7, 11) is -3.38.